The van der Waals surface area contributed by atoms with Crippen molar-refractivity contribution in [2.75, 3.05) is 0 Å². The molecule has 0 saturated carbocycles. The molecule has 8 heterocycles. The Hall–Kier alpha value is -11.7. The van der Waals surface area contributed by atoms with Crippen LogP contribution in [0.4, 0.5) is 0 Å². The van der Waals surface area contributed by atoms with Crippen LogP contribution in [-0.4, -0.2) is 37.9 Å². The first-order chi connectivity index (χ1) is 44.4. The molecule has 0 saturated heterocycles. The molecule has 0 fully saturated rings. The molecule has 22 rings (SSSR count). The summed E-state index contributed by atoms with van der Waals surface area (Å²) >= 11 is 0. The van der Waals surface area contributed by atoms with Gasteiger partial charge in [-0.25, -0.2) is 19.9 Å². The molecule has 1 unspecified atom stereocenters. The summed E-state index contributed by atoms with van der Waals surface area (Å²) in [6, 6.07) is 90.0. The smallest absolute Gasteiger partial charge is 0.235 e. The van der Waals surface area contributed by atoms with Crippen molar-refractivity contribution in [3.05, 3.63) is 265 Å². The van der Waals surface area contributed by atoms with Gasteiger partial charge in [-0.15, -0.1) is 0 Å². The lowest BCUT2D eigenvalue weighted by atomic mass is 9.66. The number of aromatic nitrogens is 8. The van der Waals surface area contributed by atoms with Gasteiger partial charge in [0, 0.05) is 86.4 Å². The van der Waals surface area contributed by atoms with Gasteiger partial charge in [-0.2, -0.15) is 0 Å². The van der Waals surface area contributed by atoms with E-state index in [4.69, 9.17) is 19.9 Å². The molecule has 0 spiro atoms. The van der Waals surface area contributed by atoms with Crippen molar-refractivity contribution in [3.63, 3.8) is 0 Å². The lowest BCUT2D eigenvalue weighted by Crippen LogP contribution is -2.30. The van der Waals surface area contributed by atoms with E-state index in [-0.39, 0.29) is 0 Å². The molecule has 0 bridgehead atoms. The Morgan fingerprint density at radius 1 is 0.322 bits per heavy atom. The van der Waals surface area contributed by atoms with E-state index in [1.807, 2.05) is 0 Å². The second-order valence-electron chi connectivity index (χ2n) is 25.5. The summed E-state index contributed by atoms with van der Waals surface area (Å²) in [6.07, 6.45) is 0.759. The van der Waals surface area contributed by atoms with Crippen LogP contribution in [0.15, 0.2) is 243 Å². The minimum absolute atomic E-state index is 0.449. The van der Waals surface area contributed by atoms with E-state index >= 15 is 0 Å². The van der Waals surface area contributed by atoms with Gasteiger partial charge in [0.15, 0.2) is 0 Å². The first-order valence-electron chi connectivity index (χ1n) is 31.2. The van der Waals surface area contributed by atoms with Gasteiger partial charge < -0.3 is 8.80 Å². The summed E-state index contributed by atoms with van der Waals surface area (Å²) < 4.78 is 9.74. The second kappa shape index (κ2) is 16.5. The van der Waals surface area contributed by atoms with Gasteiger partial charge in [-0.3, -0.25) is 9.13 Å². The maximum Gasteiger partial charge on any atom is 0.235 e. The number of nitrogens with zero attached hydrogens (tertiary/aromatic N) is 8. The van der Waals surface area contributed by atoms with Crippen LogP contribution in [0.2, 0.25) is 0 Å². The molecule has 0 N–H and O–H groups in total. The minimum Gasteiger partial charge on any atom is -0.308 e. The van der Waals surface area contributed by atoms with E-state index in [0.29, 0.717) is 11.9 Å². The lowest BCUT2D eigenvalue weighted by molar-refractivity contribution is 0.570. The largest absolute Gasteiger partial charge is 0.308 e. The summed E-state index contributed by atoms with van der Waals surface area (Å²) in [6.45, 7) is 4.55. The van der Waals surface area contributed by atoms with Crippen LogP contribution in [-0.2, 0) is 11.8 Å². The van der Waals surface area contributed by atoms with Crippen molar-refractivity contribution in [2.24, 2.45) is 0 Å². The zero-order valence-electron chi connectivity index (χ0n) is 48.9. The number of hydrogen-bond acceptors (Lipinski definition) is 4. The number of fused-ring (bicyclic) bond motifs is 25. The SMILES string of the molecule is Cc1nc(-n2c3cc4ccccc4cc3c3cc4c5cc(CC6(C)c7ccccc7-c7nc(-n8c9cc%10ccccc%10cc9c9cc%10c%11ccccc%11n%11c%12ccccc%12c(c98)c%10%11)nc8cccc6c78)ccc5n5c6ccccc6c(c32)c45)nc2ccccc12. The van der Waals surface area contributed by atoms with Gasteiger partial charge >= 0.3 is 0 Å². The number of benzene rings is 13. The van der Waals surface area contributed by atoms with Gasteiger partial charge in [-0.05, 0) is 130 Å². The summed E-state index contributed by atoms with van der Waals surface area (Å²) in [5, 5.41) is 21.5. The maximum atomic E-state index is 5.88. The first-order valence-corrected chi connectivity index (χ1v) is 31.2. The van der Waals surface area contributed by atoms with E-state index < -0.39 is 5.41 Å². The van der Waals surface area contributed by atoms with Gasteiger partial charge in [-0.1, -0.05) is 171 Å². The summed E-state index contributed by atoms with van der Waals surface area (Å²) in [7, 11) is 0. The fourth-order valence-electron chi connectivity index (χ4n) is 17.2. The topological polar surface area (TPSA) is 70.2 Å². The minimum atomic E-state index is -0.449. The molecule has 0 aliphatic heterocycles. The molecule has 0 radical (unpaired) electrons. The van der Waals surface area contributed by atoms with Crippen molar-refractivity contribution in [3.8, 4) is 23.2 Å². The standard InChI is InChI=1S/C82H48N8/c1-44-50-22-8-13-29-64(50)84-80(83-44)89-70-39-48-20-5-3-19-47(48)38-57(70)61-42-59-55-36-45(34-35-69(55)88-68-33-16-11-26-54(68)73(77(59)88)78(61)89)43-82(2)62-27-12-7-24-52(62)75-74-63(82)28-17-30-65(74)85-81(86-75)90-71-40-49-21-6-4-18-46(49)37-56(71)60-41-58-51-23-9-14-31-66(51)87-67-32-15-10-25-53(67)72(76(58)87)79(60)90/h3-42H,43H2,1-2H3. The first kappa shape index (κ1) is 47.4. The second-order valence-corrected chi connectivity index (χ2v) is 25.5. The van der Waals surface area contributed by atoms with E-state index in [0.717, 1.165) is 67.2 Å². The molecule has 90 heavy (non-hydrogen) atoms. The highest BCUT2D eigenvalue weighted by atomic mass is 15.2. The van der Waals surface area contributed by atoms with Crippen LogP contribution in [0.1, 0.15) is 29.3 Å². The van der Waals surface area contributed by atoms with E-state index in [1.54, 1.807) is 0 Å². The Bertz CT molecular complexity index is 6850. The van der Waals surface area contributed by atoms with Crippen LogP contribution in [0.25, 0.3) is 186 Å². The quantitative estimate of drug-likeness (QED) is 0.176. The normalized spacial score (nSPS) is 14.6. The van der Waals surface area contributed by atoms with E-state index in [1.165, 1.54) is 136 Å². The predicted octanol–water partition coefficient (Wildman–Crippen LogP) is 20.2. The molecular weight excluding hydrogens is 1100 g/mol. The summed E-state index contributed by atoms with van der Waals surface area (Å²) in [5.74, 6) is 1.35. The highest BCUT2D eigenvalue weighted by Gasteiger charge is 2.39. The Morgan fingerprint density at radius 3 is 1.44 bits per heavy atom. The monoisotopic (exact) mass is 1140 g/mol. The maximum absolute atomic E-state index is 5.88. The Balaban J connectivity index is 0.771. The highest BCUT2D eigenvalue weighted by molar-refractivity contribution is 6.36. The molecule has 1 atom stereocenters. The average molecular weight is 1150 g/mol. The lowest BCUT2D eigenvalue weighted by Gasteiger charge is -2.37. The molecule has 13 aromatic carbocycles. The third-order valence-corrected chi connectivity index (χ3v) is 20.9. The molecule has 1 aliphatic carbocycles. The molecule has 8 heteroatoms. The number of rotatable bonds is 4. The van der Waals surface area contributed by atoms with Gasteiger partial charge in [0.05, 0.1) is 77.6 Å². The fourth-order valence-corrected chi connectivity index (χ4v) is 17.2. The van der Waals surface area contributed by atoms with Crippen LogP contribution in [0.3, 0.4) is 0 Å². The van der Waals surface area contributed by atoms with E-state index in [9.17, 15) is 0 Å². The summed E-state index contributed by atoms with van der Waals surface area (Å²) in [5.41, 5.74) is 19.9. The Morgan fingerprint density at radius 2 is 0.789 bits per heavy atom. The Kier molecular flexibility index (Phi) is 8.67. The molecule has 21 aromatic rings. The molecule has 8 aromatic heterocycles. The third kappa shape index (κ3) is 5.78. The van der Waals surface area contributed by atoms with Gasteiger partial charge in [0.1, 0.15) is 0 Å². The zero-order chi connectivity index (χ0) is 58.6. The van der Waals surface area contributed by atoms with Crippen LogP contribution < -0.4 is 0 Å². The fraction of sp³-hybridized carbons (Fsp3) is 0.0488. The third-order valence-electron chi connectivity index (χ3n) is 20.9. The molecular formula is C82H48N8. The number of para-hydroxylation sites is 4. The molecule has 1 aliphatic rings. The van der Waals surface area contributed by atoms with Crippen molar-refractivity contribution >= 4 is 163 Å². The predicted molar refractivity (Wildman–Crippen MR) is 372 cm³/mol. The molecule has 8 nitrogen and oxygen atoms in total. The van der Waals surface area contributed by atoms with Crippen molar-refractivity contribution in [2.45, 2.75) is 25.7 Å². The molecule has 416 valence electrons. The van der Waals surface area contributed by atoms with E-state index in [2.05, 4.69) is 274 Å². The van der Waals surface area contributed by atoms with Crippen molar-refractivity contribution < 1.29 is 0 Å². The van der Waals surface area contributed by atoms with Crippen molar-refractivity contribution in [1.82, 2.24) is 37.9 Å². The highest BCUT2D eigenvalue weighted by Crippen LogP contribution is 2.53. The average Bonchev–Trinajstić information content (AvgIpc) is 1.49. The number of aryl methyl sites for hydroxylation is 1. The van der Waals surface area contributed by atoms with Gasteiger partial charge in [0.25, 0.3) is 0 Å². The Labute approximate surface area is 512 Å². The zero-order valence-corrected chi connectivity index (χ0v) is 48.9. The van der Waals surface area contributed by atoms with Crippen LogP contribution in [0, 0.1) is 6.92 Å². The molecule has 0 amide bonds. The van der Waals surface area contributed by atoms with Gasteiger partial charge in [0.2, 0.25) is 11.9 Å². The van der Waals surface area contributed by atoms with Crippen molar-refractivity contribution in [1.29, 1.82) is 0 Å². The number of hydrogen-bond donors (Lipinski definition) is 0. The summed E-state index contributed by atoms with van der Waals surface area (Å²) in [4.78, 5) is 22.3. The van der Waals surface area contributed by atoms with Crippen LogP contribution >= 0.6 is 0 Å². The van der Waals surface area contributed by atoms with Crippen LogP contribution in [0.5, 0.6) is 0 Å².